The highest BCUT2D eigenvalue weighted by atomic mass is 35.5. The van der Waals surface area contributed by atoms with Crippen LogP contribution < -0.4 is 5.32 Å². The van der Waals surface area contributed by atoms with E-state index < -0.39 is 17.6 Å². The molecule has 0 atom stereocenters. The molecule has 9 heteroatoms. The summed E-state index contributed by atoms with van der Waals surface area (Å²) in [6.07, 6.45) is -0.384. The number of rotatable bonds is 6. The van der Waals surface area contributed by atoms with Gasteiger partial charge >= 0.3 is 6.18 Å². The van der Waals surface area contributed by atoms with Gasteiger partial charge in [-0.15, -0.1) is 0 Å². The number of carbonyl (C=O) groups is 2. The second-order valence-electron chi connectivity index (χ2n) is 6.87. The monoisotopic (exact) mass is 465 g/mol. The first-order valence-electron chi connectivity index (χ1n) is 9.86. The molecule has 1 N–H and O–H groups in total. The van der Waals surface area contributed by atoms with Gasteiger partial charge in [0.2, 0.25) is 0 Å². The van der Waals surface area contributed by atoms with Crippen molar-refractivity contribution in [1.82, 2.24) is 15.1 Å². The molecule has 0 bridgehead atoms. The molecule has 0 aliphatic carbocycles. The highest BCUT2D eigenvalue weighted by Crippen LogP contribution is 2.29. The first-order valence-corrected chi connectivity index (χ1v) is 10.2. The summed E-state index contributed by atoms with van der Waals surface area (Å²) < 4.78 is 39.9. The van der Waals surface area contributed by atoms with Crippen molar-refractivity contribution in [2.75, 3.05) is 0 Å². The summed E-state index contributed by atoms with van der Waals surface area (Å²) in [5.41, 5.74) is 1.31. The second-order valence-corrected chi connectivity index (χ2v) is 7.30. The van der Waals surface area contributed by atoms with Crippen molar-refractivity contribution < 1.29 is 22.8 Å². The molecule has 0 saturated carbocycles. The van der Waals surface area contributed by atoms with Crippen molar-refractivity contribution in [2.24, 2.45) is 0 Å². The Kier molecular flexibility index (Phi) is 9.02. The van der Waals surface area contributed by atoms with Gasteiger partial charge in [0.25, 0.3) is 5.91 Å². The first kappa shape index (κ1) is 25.1. The topological polar surface area (TPSA) is 64.0 Å². The zero-order valence-corrected chi connectivity index (χ0v) is 18.4. The van der Waals surface area contributed by atoms with E-state index in [1.807, 2.05) is 6.92 Å². The molecule has 2 aromatic carbocycles. The average Bonchev–Trinajstić information content (AvgIpc) is 3.14. The van der Waals surface area contributed by atoms with E-state index in [9.17, 15) is 22.8 Å². The van der Waals surface area contributed by atoms with Gasteiger partial charge in [-0.3, -0.25) is 4.79 Å². The van der Waals surface area contributed by atoms with Crippen LogP contribution in [0.1, 0.15) is 46.9 Å². The van der Waals surface area contributed by atoms with Crippen LogP contribution in [-0.4, -0.2) is 22.0 Å². The SMILES string of the molecule is CCCC=O.Cc1c(C(=O)NCc2cccc(C(F)(F)F)c2)cnn1-c1ccc(Cl)cc1. The summed E-state index contributed by atoms with van der Waals surface area (Å²) >= 11 is 5.87. The molecule has 0 saturated heterocycles. The van der Waals surface area contributed by atoms with Crippen molar-refractivity contribution in [3.8, 4) is 5.69 Å². The molecule has 32 heavy (non-hydrogen) atoms. The minimum atomic E-state index is -4.42. The van der Waals surface area contributed by atoms with E-state index in [1.165, 1.54) is 18.3 Å². The zero-order chi connectivity index (χ0) is 23.7. The Balaban J connectivity index is 0.000000654. The van der Waals surface area contributed by atoms with Gasteiger partial charge in [0.15, 0.2) is 0 Å². The van der Waals surface area contributed by atoms with E-state index >= 15 is 0 Å². The number of carbonyl (C=O) groups excluding carboxylic acids is 2. The molecule has 0 spiro atoms. The van der Waals surface area contributed by atoms with Gasteiger partial charge in [-0.05, 0) is 55.3 Å². The zero-order valence-electron chi connectivity index (χ0n) is 17.6. The molecular weight excluding hydrogens is 443 g/mol. The van der Waals surface area contributed by atoms with E-state index in [1.54, 1.807) is 35.9 Å². The minimum absolute atomic E-state index is 0.0195. The van der Waals surface area contributed by atoms with Crippen LogP contribution in [-0.2, 0) is 17.5 Å². The molecule has 1 amide bonds. The van der Waals surface area contributed by atoms with Gasteiger partial charge in [0.05, 0.1) is 28.7 Å². The molecule has 0 aliphatic rings. The Hall–Kier alpha value is -3.13. The van der Waals surface area contributed by atoms with Crippen LogP contribution in [0.5, 0.6) is 0 Å². The van der Waals surface area contributed by atoms with E-state index in [2.05, 4.69) is 10.4 Å². The highest BCUT2D eigenvalue weighted by molar-refractivity contribution is 6.30. The smallest absolute Gasteiger partial charge is 0.348 e. The summed E-state index contributed by atoms with van der Waals surface area (Å²) in [5.74, 6) is -0.412. The molecule has 5 nitrogen and oxygen atoms in total. The Bertz CT molecular complexity index is 1050. The number of nitrogens with one attached hydrogen (secondary N) is 1. The lowest BCUT2D eigenvalue weighted by Crippen LogP contribution is -2.23. The van der Waals surface area contributed by atoms with Crippen LogP contribution in [0.2, 0.25) is 5.02 Å². The molecule has 0 radical (unpaired) electrons. The predicted octanol–water partition coefficient (Wildman–Crippen LogP) is 5.77. The number of amides is 1. The summed E-state index contributed by atoms with van der Waals surface area (Å²) in [7, 11) is 0. The maximum absolute atomic E-state index is 12.8. The lowest BCUT2D eigenvalue weighted by Gasteiger charge is -2.10. The van der Waals surface area contributed by atoms with Crippen LogP contribution in [0.3, 0.4) is 0 Å². The van der Waals surface area contributed by atoms with Gasteiger partial charge in [0.1, 0.15) is 6.29 Å². The molecular formula is C23H23ClF3N3O2. The van der Waals surface area contributed by atoms with Crippen molar-refractivity contribution in [2.45, 2.75) is 39.4 Å². The molecule has 3 rings (SSSR count). The van der Waals surface area contributed by atoms with E-state index in [0.29, 0.717) is 28.3 Å². The number of unbranched alkanes of at least 4 members (excludes halogenated alkanes) is 1. The van der Waals surface area contributed by atoms with Crippen molar-refractivity contribution in [1.29, 1.82) is 0 Å². The van der Waals surface area contributed by atoms with Gasteiger partial charge < -0.3 is 10.1 Å². The fraction of sp³-hybridized carbons (Fsp3) is 0.261. The molecule has 1 heterocycles. The Morgan fingerprint density at radius 1 is 1.19 bits per heavy atom. The molecule has 1 aromatic heterocycles. The number of benzene rings is 2. The second kappa shape index (κ2) is 11.5. The number of alkyl halides is 3. The van der Waals surface area contributed by atoms with Gasteiger partial charge in [-0.2, -0.15) is 18.3 Å². The first-order chi connectivity index (χ1) is 15.2. The third kappa shape index (κ3) is 6.95. The normalized spacial score (nSPS) is 10.8. The van der Waals surface area contributed by atoms with Crippen molar-refractivity contribution >= 4 is 23.8 Å². The number of aromatic nitrogens is 2. The molecule has 0 unspecified atom stereocenters. The van der Waals surface area contributed by atoms with Crippen LogP contribution in [0.15, 0.2) is 54.7 Å². The Morgan fingerprint density at radius 2 is 1.88 bits per heavy atom. The maximum Gasteiger partial charge on any atom is 0.416 e. The molecule has 170 valence electrons. The van der Waals surface area contributed by atoms with Crippen LogP contribution in [0, 0.1) is 6.92 Å². The van der Waals surface area contributed by atoms with Gasteiger partial charge in [-0.1, -0.05) is 30.7 Å². The van der Waals surface area contributed by atoms with E-state index in [-0.39, 0.29) is 6.54 Å². The number of hydrogen-bond donors (Lipinski definition) is 1. The summed E-state index contributed by atoms with van der Waals surface area (Å²) in [5, 5.41) is 7.42. The van der Waals surface area contributed by atoms with Crippen LogP contribution >= 0.6 is 11.6 Å². The quantitative estimate of drug-likeness (QED) is 0.470. The Morgan fingerprint density at radius 3 is 2.44 bits per heavy atom. The van der Waals surface area contributed by atoms with Crippen LogP contribution in [0.4, 0.5) is 13.2 Å². The standard InChI is InChI=1S/C19H15ClF3N3O.C4H8O/c1-12-17(11-25-26(12)16-7-5-15(20)6-8-16)18(27)24-10-13-3-2-4-14(9-13)19(21,22)23;1-2-3-4-5/h2-9,11H,10H2,1H3,(H,24,27);4H,2-3H2,1H3. The summed E-state index contributed by atoms with van der Waals surface area (Å²) in [4.78, 5) is 21.8. The maximum atomic E-state index is 12.8. The van der Waals surface area contributed by atoms with Gasteiger partial charge in [-0.25, -0.2) is 4.68 Å². The largest absolute Gasteiger partial charge is 0.416 e. The number of hydrogen-bond acceptors (Lipinski definition) is 3. The van der Waals surface area contributed by atoms with Crippen LogP contribution in [0.25, 0.3) is 5.69 Å². The predicted molar refractivity (Wildman–Crippen MR) is 117 cm³/mol. The third-order valence-electron chi connectivity index (χ3n) is 4.44. The lowest BCUT2D eigenvalue weighted by atomic mass is 10.1. The van der Waals surface area contributed by atoms with Gasteiger partial charge in [0, 0.05) is 18.0 Å². The fourth-order valence-electron chi connectivity index (χ4n) is 2.73. The number of aldehydes is 1. The fourth-order valence-corrected chi connectivity index (χ4v) is 2.85. The van der Waals surface area contributed by atoms with E-state index in [0.717, 1.165) is 30.5 Å². The number of nitrogens with zero attached hydrogens (tertiary/aromatic N) is 2. The summed E-state index contributed by atoms with van der Waals surface area (Å²) in [6.45, 7) is 3.70. The van der Waals surface area contributed by atoms with Crippen molar-refractivity contribution in [3.05, 3.63) is 82.1 Å². The Labute approximate surface area is 189 Å². The minimum Gasteiger partial charge on any atom is -0.348 e. The van der Waals surface area contributed by atoms with E-state index in [4.69, 9.17) is 11.6 Å². The molecule has 3 aromatic rings. The lowest BCUT2D eigenvalue weighted by molar-refractivity contribution is -0.137. The number of halogens is 4. The molecule has 0 fully saturated rings. The summed E-state index contributed by atoms with van der Waals surface area (Å²) in [6, 6.07) is 11.8. The molecule has 0 aliphatic heterocycles. The van der Waals surface area contributed by atoms with Crippen molar-refractivity contribution in [3.63, 3.8) is 0 Å². The average molecular weight is 466 g/mol. The third-order valence-corrected chi connectivity index (χ3v) is 4.69. The highest BCUT2D eigenvalue weighted by Gasteiger charge is 2.30.